The van der Waals surface area contributed by atoms with E-state index in [1.165, 1.54) is 17.0 Å². The largest absolute Gasteiger partial charge is 0.508 e. The molecule has 4 heteroatoms. The second-order valence-electron chi connectivity index (χ2n) is 4.37. The third-order valence-electron chi connectivity index (χ3n) is 3.06. The maximum atomic E-state index is 12.5. The van der Waals surface area contributed by atoms with Gasteiger partial charge >= 0.3 is 0 Å². The van der Waals surface area contributed by atoms with Gasteiger partial charge in [0.25, 0.3) is 5.91 Å². The van der Waals surface area contributed by atoms with Crippen molar-refractivity contribution in [2.45, 2.75) is 6.42 Å². The van der Waals surface area contributed by atoms with Gasteiger partial charge in [-0.1, -0.05) is 18.2 Å². The van der Waals surface area contributed by atoms with Crippen LogP contribution in [0.15, 0.2) is 48.5 Å². The van der Waals surface area contributed by atoms with Gasteiger partial charge in [-0.15, -0.1) is 0 Å². The summed E-state index contributed by atoms with van der Waals surface area (Å²) in [5, 5.41) is 18.1. The number of anilines is 1. The zero-order chi connectivity index (χ0) is 14.5. The van der Waals surface area contributed by atoms with E-state index in [0.29, 0.717) is 16.8 Å². The number of carbonyl (C=O) groups excluding carboxylic acids is 1. The Labute approximate surface area is 117 Å². The van der Waals surface area contributed by atoms with Crippen molar-refractivity contribution in [2.24, 2.45) is 0 Å². The molecule has 0 radical (unpaired) electrons. The standard InChI is InChI=1S/C16H14N2O2/c1-18(13-6-8-14(19)9-7-13)16(20)15-5-3-2-4-12(15)10-11-17/h2-9,19H,10H2,1H3. The molecule has 0 spiro atoms. The molecule has 1 amide bonds. The molecule has 0 aliphatic carbocycles. The number of phenols is 1. The van der Waals surface area contributed by atoms with Crippen LogP contribution < -0.4 is 4.90 Å². The number of rotatable bonds is 3. The lowest BCUT2D eigenvalue weighted by atomic mass is 10.0. The maximum absolute atomic E-state index is 12.5. The highest BCUT2D eigenvalue weighted by Gasteiger charge is 2.16. The van der Waals surface area contributed by atoms with E-state index >= 15 is 0 Å². The minimum absolute atomic E-state index is 0.152. The van der Waals surface area contributed by atoms with E-state index in [4.69, 9.17) is 5.26 Å². The fourth-order valence-electron chi connectivity index (χ4n) is 1.94. The Morgan fingerprint density at radius 1 is 1.20 bits per heavy atom. The van der Waals surface area contributed by atoms with Crippen molar-refractivity contribution in [3.63, 3.8) is 0 Å². The van der Waals surface area contributed by atoms with E-state index in [0.717, 1.165) is 0 Å². The zero-order valence-corrected chi connectivity index (χ0v) is 11.1. The van der Waals surface area contributed by atoms with Crippen LogP contribution >= 0.6 is 0 Å². The van der Waals surface area contributed by atoms with Crippen LogP contribution in [0.5, 0.6) is 5.75 Å². The summed E-state index contributed by atoms with van der Waals surface area (Å²) in [4.78, 5) is 14.0. The normalized spacial score (nSPS) is 9.80. The number of nitrogens with zero attached hydrogens (tertiary/aromatic N) is 2. The summed E-state index contributed by atoms with van der Waals surface area (Å²) in [5.74, 6) is -0.0268. The summed E-state index contributed by atoms with van der Waals surface area (Å²) >= 11 is 0. The molecular formula is C16H14N2O2. The SMILES string of the molecule is CN(C(=O)c1ccccc1CC#N)c1ccc(O)cc1. The van der Waals surface area contributed by atoms with E-state index in [9.17, 15) is 9.90 Å². The molecule has 20 heavy (non-hydrogen) atoms. The van der Waals surface area contributed by atoms with Gasteiger partial charge in [0.1, 0.15) is 5.75 Å². The highest BCUT2D eigenvalue weighted by molar-refractivity contribution is 6.06. The first-order valence-electron chi connectivity index (χ1n) is 6.15. The summed E-state index contributed by atoms with van der Waals surface area (Å²) in [6, 6.07) is 15.5. The lowest BCUT2D eigenvalue weighted by molar-refractivity contribution is 0.0992. The van der Waals surface area contributed by atoms with Gasteiger partial charge in [-0.2, -0.15) is 5.26 Å². The molecule has 0 bridgehead atoms. The van der Waals surface area contributed by atoms with Crippen molar-refractivity contribution in [1.82, 2.24) is 0 Å². The van der Waals surface area contributed by atoms with Gasteiger partial charge in [0.05, 0.1) is 12.5 Å². The number of amides is 1. The number of hydrogen-bond acceptors (Lipinski definition) is 3. The number of benzene rings is 2. The minimum atomic E-state index is -0.179. The van der Waals surface area contributed by atoms with Crippen LogP contribution in [-0.2, 0) is 6.42 Å². The fraction of sp³-hybridized carbons (Fsp3) is 0.125. The van der Waals surface area contributed by atoms with Gasteiger partial charge in [0.15, 0.2) is 0 Å². The Balaban J connectivity index is 2.31. The molecule has 2 aromatic rings. The van der Waals surface area contributed by atoms with E-state index in [-0.39, 0.29) is 18.1 Å². The molecule has 1 N–H and O–H groups in total. The first-order valence-corrected chi connectivity index (χ1v) is 6.15. The lowest BCUT2D eigenvalue weighted by Crippen LogP contribution is -2.27. The summed E-state index contributed by atoms with van der Waals surface area (Å²) in [5.41, 5.74) is 1.91. The van der Waals surface area contributed by atoms with Gasteiger partial charge in [0, 0.05) is 18.3 Å². The fourth-order valence-corrected chi connectivity index (χ4v) is 1.94. The van der Waals surface area contributed by atoms with Crippen molar-refractivity contribution in [2.75, 3.05) is 11.9 Å². The number of nitriles is 1. The topological polar surface area (TPSA) is 64.3 Å². The molecule has 0 fully saturated rings. The summed E-state index contributed by atoms with van der Waals surface area (Å²) in [6.07, 6.45) is 0.200. The van der Waals surface area contributed by atoms with Crippen LogP contribution in [0.4, 0.5) is 5.69 Å². The monoisotopic (exact) mass is 266 g/mol. The molecule has 0 heterocycles. The minimum Gasteiger partial charge on any atom is -0.508 e. The summed E-state index contributed by atoms with van der Waals surface area (Å²) in [6.45, 7) is 0. The van der Waals surface area contributed by atoms with Crippen LogP contribution in [0.2, 0.25) is 0 Å². The number of carbonyl (C=O) groups is 1. The van der Waals surface area contributed by atoms with Gasteiger partial charge in [-0.3, -0.25) is 4.79 Å². The van der Waals surface area contributed by atoms with Gasteiger partial charge in [0.2, 0.25) is 0 Å². The van der Waals surface area contributed by atoms with E-state index < -0.39 is 0 Å². The van der Waals surface area contributed by atoms with Crippen LogP contribution in [0.3, 0.4) is 0 Å². The molecule has 2 rings (SSSR count). The van der Waals surface area contributed by atoms with Crippen molar-refractivity contribution in [3.8, 4) is 11.8 Å². The Bertz CT molecular complexity index is 657. The van der Waals surface area contributed by atoms with Crippen LogP contribution in [-0.4, -0.2) is 18.1 Å². The molecule has 0 saturated carbocycles. The predicted molar refractivity (Wildman–Crippen MR) is 76.6 cm³/mol. The zero-order valence-electron chi connectivity index (χ0n) is 11.1. The predicted octanol–water partition coefficient (Wildman–Crippen LogP) is 2.73. The molecule has 0 atom stereocenters. The van der Waals surface area contributed by atoms with Crippen molar-refractivity contribution in [1.29, 1.82) is 5.26 Å². The average molecular weight is 266 g/mol. The third kappa shape index (κ3) is 2.78. The first kappa shape index (κ1) is 13.6. The molecule has 4 nitrogen and oxygen atoms in total. The second-order valence-corrected chi connectivity index (χ2v) is 4.37. The Hall–Kier alpha value is -2.80. The molecule has 0 aromatic heterocycles. The summed E-state index contributed by atoms with van der Waals surface area (Å²) < 4.78 is 0. The lowest BCUT2D eigenvalue weighted by Gasteiger charge is -2.18. The van der Waals surface area contributed by atoms with Crippen LogP contribution in [0, 0.1) is 11.3 Å². The quantitative estimate of drug-likeness (QED) is 0.929. The molecule has 0 unspecified atom stereocenters. The highest BCUT2D eigenvalue weighted by Crippen LogP contribution is 2.20. The number of phenolic OH excluding ortho intramolecular Hbond substituents is 1. The molecular weight excluding hydrogens is 252 g/mol. The van der Waals surface area contributed by atoms with Crippen molar-refractivity contribution in [3.05, 3.63) is 59.7 Å². The average Bonchev–Trinajstić information content (AvgIpc) is 2.47. The van der Waals surface area contributed by atoms with E-state index in [1.54, 1.807) is 37.4 Å². The number of hydrogen-bond donors (Lipinski definition) is 1. The van der Waals surface area contributed by atoms with Crippen molar-refractivity contribution < 1.29 is 9.90 Å². The van der Waals surface area contributed by atoms with Crippen molar-refractivity contribution >= 4 is 11.6 Å². The molecule has 2 aromatic carbocycles. The van der Waals surface area contributed by atoms with Crippen LogP contribution in [0.25, 0.3) is 0 Å². The maximum Gasteiger partial charge on any atom is 0.258 e. The number of aromatic hydroxyl groups is 1. The van der Waals surface area contributed by atoms with Gasteiger partial charge in [-0.05, 0) is 35.9 Å². The second kappa shape index (κ2) is 5.89. The Kier molecular flexibility index (Phi) is 4.02. The Morgan fingerprint density at radius 2 is 1.85 bits per heavy atom. The molecule has 0 saturated heterocycles. The van der Waals surface area contributed by atoms with E-state index in [1.807, 2.05) is 6.07 Å². The third-order valence-corrected chi connectivity index (χ3v) is 3.06. The highest BCUT2D eigenvalue weighted by atomic mass is 16.3. The van der Waals surface area contributed by atoms with Gasteiger partial charge < -0.3 is 10.0 Å². The molecule has 0 aliphatic heterocycles. The Morgan fingerprint density at radius 3 is 2.50 bits per heavy atom. The molecule has 0 aliphatic rings. The molecule has 100 valence electrons. The van der Waals surface area contributed by atoms with E-state index in [2.05, 4.69) is 6.07 Å². The summed E-state index contributed by atoms with van der Waals surface area (Å²) in [7, 11) is 1.66. The smallest absolute Gasteiger partial charge is 0.258 e. The van der Waals surface area contributed by atoms with Gasteiger partial charge in [-0.25, -0.2) is 0 Å². The van der Waals surface area contributed by atoms with Crippen LogP contribution in [0.1, 0.15) is 15.9 Å². The first-order chi connectivity index (χ1) is 9.63.